The fourth-order valence-corrected chi connectivity index (χ4v) is 2.48. The van der Waals surface area contributed by atoms with Gasteiger partial charge in [0.05, 0.1) is 11.9 Å². The zero-order valence-corrected chi connectivity index (χ0v) is 11.0. The Hall–Kier alpha value is -0.850. The summed E-state index contributed by atoms with van der Waals surface area (Å²) < 4.78 is 23.4. The molecule has 0 saturated heterocycles. The van der Waals surface area contributed by atoms with E-state index in [1.54, 1.807) is 24.3 Å². The maximum Gasteiger partial charge on any atom is 0.265 e. The molecule has 7 heteroatoms. The van der Waals surface area contributed by atoms with Crippen LogP contribution in [0.3, 0.4) is 0 Å². The lowest BCUT2D eigenvalue weighted by atomic mass is 10.2. The van der Waals surface area contributed by atoms with Crippen molar-refractivity contribution in [3.8, 4) is 11.3 Å². The van der Waals surface area contributed by atoms with Gasteiger partial charge in [0.15, 0.2) is 0 Å². The fraction of sp³-hybridized carbons (Fsp3) is 0. The summed E-state index contributed by atoms with van der Waals surface area (Å²) in [5.41, 5.74) is 1.10. The van der Waals surface area contributed by atoms with Crippen LogP contribution in [-0.4, -0.2) is 18.6 Å². The lowest BCUT2D eigenvalue weighted by molar-refractivity contribution is 0.610. The summed E-state index contributed by atoms with van der Waals surface area (Å²) in [7, 11) is 1.51. The van der Waals surface area contributed by atoms with Crippen molar-refractivity contribution in [3.63, 3.8) is 0 Å². The van der Waals surface area contributed by atoms with Gasteiger partial charge in [0.2, 0.25) is 0 Å². The average molecular weight is 322 g/mol. The third-order valence-corrected chi connectivity index (χ3v) is 3.86. The molecule has 2 rings (SSSR count). The zero-order chi connectivity index (χ0) is 11.8. The quantitative estimate of drug-likeness (QED) is 0.865. The third kappa shape index (κ3) is 2.28. The highest BCUT2D eigenvalue weighted by Crippen LogP contribution is 2.28. The molecule has 0 aliphatic carbocycles. The van der Waals surface area contributed by atoms with Crippen molar-refractivity contribution in [1.82, 2.24) is 10.2 Å². The third-order valence-electron chi connectivity index (χ3n) is 2.00. The highest BCUT2D eigenvalue weighted by atomic mass is 79.9. The summed E-state index contributed by atoms with van der Waals surface area (Å²) in [5.74, 6) is 0. The standard InChI is InChI=1S/C9H6BrClN2O2S/c10-7-3-1-6(2-4-7)9-8(5-12-13-9)16(11,14)15/h1-5H,(H,12,13). The number of H-pyrrole nitrogens is 1. The van der Waals surface area contributed by atoms with Gasteiger partial charge in [0.1, 0.15) is 4.90 Å². The number of aromatic amines is 1. The van der Waals surface area contributed by atoms with Crippen LogP contribution in [0.5, 0.6) is 0 Å². The van der Waals surface area contributed by atoms with Crippen molar-refractivity contribution in [2.24, 2.45) is 0 Å². The average Bonchev–Trinajstić information content (AvgIpc) is 2.66. The van der Waals surface area contributed by atoms with E-state index in [4.69, 9.17) is 10.7 Å². The topological polar surface area (TPSA) is 62.8 Å². The highest BCUT2D eigenvalue weighted by molar-refractivity contribution is 9.10. The molecule has 0 atom stereocenters. The first-order valence-electron chi connectivity index (χ1n) is 4.22. The Kier molecular flexibility index (Phi) is 3.05. The van der Waals surface area contributed by atoms with Gasteiger partial charge < -0.3 is 0 Å². The Bertz CT molecular complexity index is 607. The SMILES string of the molecule is O=S(=O)(Cl)c1cn[nH]c1-c1ccc(Br)cc1. The minimum Gasteiger partial charge on any atom is -0.276 e. The van der Waals surface area contributed by atoms with Crippen molar-refractivity contribution >= 4 is 35.7 Å². The van der Waals surface area contributed by atoms with Gasteiger partial charge in [-0.3, -0.25) is 5.10 Å². The van der Waals surface area contributed by atoms with Gasteiger partial charge in [-0.1, -0.05) is 28.1 Å². The van der Waals surface area contributed by atoms with Crippen LogP contribution in [0.2, 0.25) is 0 Å². The molecule has 0 radical (unpaired) electrons. The molecule has 0 aliphatic rings. The molecule has 16 heavy (non-hydrogen) atoms. The van der Waals surface area contributed by atoms with E-state index in [-0.39, 0.29) is 4.90 Å². The molecular weight excluding hydrogens is 316 g/mol. The summed E-state index contributed by atoms with van der Waals surface area (Å²) in [5, 5.41) is 6.31. The molecule has 0 spiro atoms. The van der Waals surface area contributed by atoms with Gasteiger partial charge in [0, 0.05) is 20.7 Å². The van der Waals surface area contributed by atoms with Crippen molar-refractivity contribution in [2.75, 3.05) is 0 Å². The second kappa shape index (κ2) is 4.20. The Morgan fingerprint density at radius 1 is 1.25 bits per heavy atom. The molecule has 0 fully saturated rings. The molecule has 1 aromatic carbocycles. The zero-order valence-electron chi connectivity index (χ0n) is 7.81. The van der Waals surface area contributed by atoms with Gasteiger partial charge in [-0.05, 0) is 12.1 Å². The molecule has 0 amide bonds. The predicted octanol–water partition coefficient (Wildman–Crippen LogP) is 2.77. The molecule has 1 heterocycles. The highest BCUT2D eigenvalue weighted by Gasteiger charge is 2.18. The summed E-state index contributed by atoms with van der Waals surface area (Å²) in [6, 6.07) is 7.15. The number of aromatic nitrogens is 2. The van der Waals surface area contributed by atoms with Gasteiger partial charge in [-0.15, -0.1) is 0 Å². The first-order chi connectivity index (χ1) is 7.48. The minimum atomic E-state index is -3.78. The lowest BCUT2D eigenvalue weighted by Crippen LogP contribution is -1.91. The number of halogens is 2. The maximum atomic E-state index is 11.3. The number of hydrogen-bond donors (Lipinski definition) is 1. The van der Waals surface area contributed by atoms with Gasteiger partial charge in [0.25, 0.3) is 9.05 Å². The molecule has 0 bridgehead atoms. The number of nitrogens with zero attached hydrogens (tertiary/aromatic N) is 1. The van der Waals surface area contributed by atoms with E-state index >= 15 is 0 Å². The van der Waals surface area contributed by atoms with Crippen molar-refractivity contribution in [2.45, 2.75) is 4.90 Å². The van der Waals surface area contributed by atoms with Gasteiger partial charge in [-0.2, -0.15) is 5.10 Å². The fourth-order valence-electron chi connectivity index (χ4n) is 1.28. The summed E-state index contributed by atoms with van der Waals surface area (Å²) in [6.07, 6.45) is 1.19. The van der Waals surface area contributed by atoms with Crippen molar-refractivity contribution in [3.05, 3.63) is 34.9 Å². The first-order valence-corrected chi connectivity index (χ1v) is 7.32. The monoisotopic (exact) mass is 320 g/mol. The van der Waals surface area contributed by atoms with Crippen LogP contribution in [0, 0.1) is 0 Å². The van der Waals surface area contributed by atoms with Crippen LogP contribution in [-0.2, 0) is 9.05 Å². The molecule has 84 valence electrons. The molecular formula is C9H6BrClN2O2S. The van der Waals surface area contributed by atoms with E-state index in [1.807, 2.05) is 0 Å². The normalized spacial score (nSPS) is 11.6. The molecule has 1 N–H and O–H groups in total. The van der Waals surface area contributed by atoms with E-state index < -0.39 is 9.05 Å². The molecule has 2 aromatic rings. The van der Waals surface area contributed by atoms with Crippen molar-refractivity contribution < 1.29 is 8.42 Å². The Labute approximate surface area is 105 Å². The molecule has 0 unspecified atom stereocenters. The van der Waals surface area contributed by atoms with E-state index in [1.165, 1.54) is 6.20 Å². The Morgan fingerprint density at radius 2 is 1.88 bits per heavy atom. The van der Waals surface area contributed by atoms with Crippen LogP contribution >= 0.6 is 26.6 Å². The van der Waals surface area contributed by atoms with Crippen LogP contribution < -0.4 is 0 Å². The largest absolute Gasteiger partial charge is 0.276 e. The molecule has 1 aromatic heterocycles. The maximum absolute atomic E-state index is 11.3. The predicted molar refractivity (Wildman–Crippen MR) is 64.8 cm³/mol. The van der Waals surface area contributed by atoms with Gasteiger partial charge in [-0.25, -0.2) is 8.42 Å². The van der Waals surface area contributed by atoms with Crippen molar-refractivity contribution in [1.29, 1.82) is 0 Å². The number of rotatable bonds is 2. The summed E-state index contributed by atoms with van der Waals surface area (Å²) in [4.78, 5) is -0.0171. The minimum absolute atomic E-state index is 0.0171. The lowest BCUT2D eigenvalue weighted by Gasteiger charge is -2.00. The number of hydrogen-bond acceptors (Lipinski definition) is 3. The molecule has 0 saturated carbocycles. The first kappa shape index (κ1) is 11.6. The van der Waals surface area contributed by atoms with E-state index in [0.29, 0.717) is 11.3 Å². The molecule has 4 nitrogen and oxygen atoms in total. The van der Waals surface area contributed by atoms with Crippen LogP contribution in [0.1, 0.15) is 0 Å². The van der Waals surface area contributed by atoms with Crippen LogP contribution in [0.25, 0.3) is 11.3 Å². The van der Waals surface area contributed by atoms with E-state index in [0.717, 1.165) is 4.47 Å². The number of nitrogens with one attached hydrogen (secondary N) is 1. The van der Waals surface area contributed by atoms with Gasteiger partial charge >= 0.3 is 0 Å². The van der Waals surface area contributed by atoms with E-state index in [2.05, 4.69) is 26.1 Å². The number of benzene rings is 1. The smallest absolute Gasteiger partial charge is 0.265 e. The summed E-state index contributed by atoms with van der Waals surface area (Å²) >= 11 is 3.30. The molecule has 0 aliphatic heterocycles. The second-order valence-corrected chi connectivity index (χ2v) is 6.50. The van der Waals surface area contributed by atoms with Crippen LogP contribution in [0.15, 0.2) is 39.8 Å². The van der Waals surface area contributed by atoms with E-state index in [9.17, 15) is 8.42 Å². The second-order valence-electron chi connectivity index (χ2n) is 3.05. The Morgan fingerprint density at radius 3 is 2.44 bits per heavy atom. The van der Waals surface area contributed by atoms with Crippen LogP contribution in [0.4, 0.5) is 0 Å². The Balaban J connectivity index is 2.58. The summed E-state index contributed by atoms with van der Waals surface area (Å²) in [6.45, 7) is 0.